The van der Waals surface area contributed by atoms with Crippen LogP contribution in [0.2, 0.25) is 19.1 Å². The second kappa shape index (κ2) is 16.0. The van der Waals surface area contributed by atoms with Crippen LogP contribution in [0.25, 0.3) is 0 Å². The minimum absolute atomic E-state index is 0.0876. The Morgan fingerprint density at radius 3 is 2.10 bits per heavy atom. The fourth-order valence-corrected chi connectivity index (χ4v) is 8.98. The number of hydrogen-bond acceptors (Lipinski definition) is 7. The number of halogens is 1. The normalized spacial score (nSPS) is 17.5. The van der Waals surface area contributed by atoms with E-state index in [1.165, 1.54) is 25.1 Å². The van der Waals surface area contributed by atoms with E-state index in [1.807, 2.05) is 20.8 Å². The highest BCUT2D eigenvalue weighted by molar-refractivity contribution is 6.79. The molecule has 0 aliphatic carbocycles. The van der Waals surface area contributed by atoms with Gasteiger partial charge in [0.2, 0.25) is 17.7 Å². The number of rotatable bonds is 10. The lowest BCUT2D eigenvalue weighted by atomic mass is 9.85. The van der Waals surface area contributed by atoms with Gasteiger partial charge >= 0.3 is 12.1 Å². The first kappa shape index (κ1) is 41.2. The van der Waals surface area contributed by atoms with Gasteiger partial charge < -0.3 is 24.6 Å². The van der Waals surface area contributed by atoms with Gasteiger partial charge in [0.25, 0.3) is 0 Å². The maximum Gasteiger partial charge on any atom is 0.410 e. The number of nitrogens with zero attached hydrogens (tertiary/aromatic N) is 3. The Morgan fingerprint density at radius 2 is 1.57 bits per heavy atom. The van der Waals surface area contributed by atoms with E-state index in [2.05, 4.69) is 18.4 Å². The monoisotopic (exact) mass is 726 g/mol. The minimum Gasteiger partial charge on any atom is -0.465 e. The number of carbonyl (C=O) groups is 5. The van der Waals surface area contributed by atoms with Crippen LogP contribution in [0.4, 0.5) is 9.18 Å². The van der Waals surface area contributed by atoms with Gasteiger partial charge in [0.1, 0.15) is 29.5 Å². The van der Waals surface area contributed by atoms with Crippen molar-refractivity contribution in [1.29, 1.82) is 0 Å². The third-order valence-electron chi connectivity index (χ3n) is 9.16. The van der Waals surface area contributed by atoms with Gasteiger partial charge in [-0.05, 0) is 69.8 Å². The van der Waals surface area contributed by atoms with Gasteiger partial charge in [-0.3, -0.25) is 19.3 Å². The number of likely N-dealkylation sites (N-methyl/N-ethyl adjacent to an activating group) is 1. The predicted octanol–water partition coefficient (Wildman–Crippen LogP) is 5.95. The van der Waals surface area contributed by atoms with Crippen LogP contribution < -0.4 is 5.32 Å². The summed E-state index contributed by atoms with van der Waals surface area (Å²) in [6, 6.07) is 9.86. The number of nitrogens with one attached hydrogen (secondary N) is 1. The summed E-state index contributed by atoms with van der Waals surface area (Å²) in [5, 5.41) is 2.89. The van der Waals surface area contributed by atoms with Gasteiger partial charge in [-0.15, -0.1) is 0 Å². The largest absolute Gasteiger partial charge is 0.465 e. The molecule has 1 N–H and O–H groups in total. The number of hydrogen-bond donors (Lipinski definition) is 1. The molecular weight excluding hydrogens is 672 g/mol. The maximum atomic E-state index is 15.2. The van der Waals surface area contributed by atoms with Crippen LogP contribution in [0.3, 0.4) is 0 Å². The molecule has 1 heterocycles. The van der Waals surface area contributed by atoms with Crippen molar-refractivity contribution < 1.29 is 37.8 Å². The SMILES string of the molecule is COC(=O)c1ccc(CN(C(=O)C2C[Si](C)(C)CN2C(=O)C(NC(=O)C(C)N(C)C(=O)OC(C)(C)C)C(C)(C)C)C(C)c2ccccc2F)cc1. The molecule has 1 aliphatic heterocycles. The second-order valence-corrected chi connectivity index (χ2v) is 21.3. The van der Waals surface area contributed by atoms with Crippen molar-refractivity contribution >= 4 is 37.9 Å². The van der Waals surface area contributed by atoms with Gasteiger partial charge in [-0.25, -0.2) is 14.0 Å². The Labute approximate surface area is 302 Å². The van der Waals surface area contributed by atoms with E-state index in [1.54, 1.807) is 86.9 Å². The molecule has 2 aromatic rings. The van der Waals surface area contributed by atoms with Gasteiger partial charge in [0.15, 0.2) is 0 Å². The van der Waals surface area contributed by atoms with E-state index in [-0.39, 0.29) is 12.5 Å². The van der Waals surface area contributed by atoms with Gasteiger partial charge in [-0.1, -0.05) is 64.2 Å². The Hall–Kier alpha value is -4.26. The summed E-state index contributed by atoms with van der Waals surface area (Å²) >= 11 is 0. The van der Waals surface area contributed by atoms with Crippen molar-refractivity contribution in [2.24, 2.45) is 5.41 Å². The summed E-state index contributed by atoms with van der Waals surface area (Å²) in [6.07, 6.45) is -0.293. The molecule has 0 bridgehead atoms. The standard InChI is InChI=1S/C38H55FN4O7Si/c1-24(28-15-13-14-16-29(28)39)42(21-26-17-19-27(20-18-26)35(47)49-10)33(45)30-22-51(11,12)23-43(30)34(46)31(37(3,4)5)40-32(44)25(2)41(9)36(48)50-38(6,7)8/h13-20,24-25,30-31H,21-23H2,1-12H3,(H,40,44). The smallest absolute Gasteiger partial charge is 0.410 e. The zero-order valence-corrected chi connectivity index (χ0v) is 33.1. The average molecular weight is 727 g/mol. The first-order chi connectivity index (χ1) is 23.5. The molecule has 4 amide bonds. The quantitative estimate of drug-likeness (QED) is 0.237. The summed E-state index contributed by atoms with van der Waals surface area (Å²) in [6.45, 7) is 18.3. The van der Waals surface area contributed by atoms with Crippen LogP contribution >= 0.6 is 0 Å². The molecule has 1 fully saturated rings. The summed E-state index contributed by atoms with van der Waals surface area (Å²) in [5.74, 6) is -2.24. The molecule has 1 aliphatic rings. The van der Waals surface area contributed by atoms with Gasteiger partial charge in [0.05, 0.1) is 26.8 Å². The summed E-state index contributed by atoms with van der Waals surface area (Å²) in [7, 11) is 0.607. The van der Waals surface area contributed by atoms with Crippen LogP contribution in [-0.4, -0.2) is 96.6 Å². The van der Waals surface area contributed by atoms with Crippen LogP contribution in [0.1, 0.15) is 82.9 Å². The molecule has 3 rings (SSSR count). The molecule has 4 unspecified atom stereocenters. The van der Waals surface area contributed by atoms with Crippen molar-refractivity contribution in [3.8, 4) is 0 Å². The number of ether oxygens (including phenoxy) is 2. The number of methoxy groups -OCH3 is 1. The highest BCUT2D eigenvalue weighted by Gasteiger charge is 2.50. The minimum atomic E-state index is -2.15. The van der Waals surface area contributed by atoms with Crippen LogP contribution in [0, 0.1) is 11.2 Å². The lowest BCUT2D eigenvalue weighted by Gasteiger charge is -2.39. The Bertz CT molecular complexity index is 1600. The number of amides is 4. The zero-order chi connectivity index (χ0) is 38.6. The topological polar surface area (TPSA) is 126 Å². The maximum absolute atomic E-state index is 15.2. The van der Waals surface area contributed by atoms with Crippen LogP contribution in [0.5, 0.6) is 0 Å². The summed E-state index contributed by atoms with van der Waals surface area (Å²) in [4.78, 5) is 72.1. The van der Waals surface area contributed by atoms with Gasteiger partial charge in [-0.2, -0.15) is 0 Å². The van der Waals surface area contributed by atoms with Crippen molar-refractivity contribution in [2.75, 3.05) is 20.3 Å². The van der Waals surface area contributed by atoms with E-state index >= 15 is 4.39 Å². The molecule has 13 heteroatoms. The highest BCUT2D eigenvalue weighted by Crippen LogP contribution is 2.34. The number of carbonyl (C=O) groups excluding carboxylic acids is 5. The molecule has 11 nitrogen and oxygen atoms in total. The summed E-state index contributed by atoms with van der Waals surface area (Å²) < 4.78 is 25.4. The van der Waals surface area contributed by atoms with Crippen molar-refractivity contribution in [2.45, 2.75) is 111 Å². The molecule has 2 aromatic carbocycles. The Morgan fingerprint density at radius 1 is 0.980 bits per heavy atom. The first-order valence-electron chi connectivity index (χ1n) is 17.3. The highest BCUT2D eigenvalue weighted by atomic mass is 28.3. The first-order valence-corrected chi connectivity index (χ1v) is 20.7. The average Bonchev–Trinajstić information content (AvgIpc) is 3.38. The Kier molecular flexibility index (Phi) is 12.9. The lowest BCUT2D eigenvalue weighted by Crippen LogP contribution is -2.60. The molecule has 0 aromatic heterocycles. The molecular formula is C38H55FN4O7Si. The molecule has 0 radical (unpaired) electrons. The summed E-state index contributed by atoms with van der Waals surface area (Å²) in [5.41, 5.74) is -0.144. The molecule has 51 heavy (non-hydrogen) atoms. The van der Waals surface area contributed by atoms with E-state index in [4.69, 9.17) is 9.47 Å². The number of esters is 1. The van der Waals surface area contributed by atoms with E-state index in [0.717, 1.165) is 0 Å². The third kappa shape index (κ3) is 10.4. The van der Waals surface area contributed by atoms with E-state index < -0.39 is 73.0 Å². The fraction of sp³-hybridized carbons (Fsp3) is 0.553. The fourth-order valence-electron chi connectivity index (χ4n) is 6.11. The third-order valence-corrected chi connectivity index (χ3v) is 11.9. The van der Waals surface area contributed by atoms with Gasteiger partial charge in [0, 0.05) is 25.3 Å². The second-order valence-electron chi connectivity index (χ2n) is 16.3. The van der Waals surface area contributed by atoms with Crippen molar-refractivity contribution in [3.05, 3.63) is 71.0 Å². The van der Waals surface area contributed by atoms with E-state index in [0.29, 0.717) is 28.9 Å². The predicted molar refractivity (Wildman–Crippen MR) is 196 cm³/mol. The molecule has 4 atom stereocenters. The zero-order valence-electron chi connectivity index (χ0n) is 32.1. The number of benzene rings is 2. The van der Waals surface area contributed by atoms with Crippen LogP contribution in [0.15, 0.2) is 48.5 Å². The van der Waals surface area contributed by atoms with Crippen molar-refractivity contribution in [3.63, 3.8) is 0 Å². The molecule has 0 spiro atoms. The lowest BCUT2D eigenvalue weighted by molar-refractivity contribution is -0.148. The molecule has 0 saturated carbocycles. The molecule has 280 valence electrons. The van der Waals surface area contributed by atoms with Crippen molar-refractivity contribution in [1.82, 2.24) is 20.0 Å². The Balaban J connectivity index is 1.99. The molecule has 1 saturated heterocycles. The van der Waals surface area contributed by atoms with E-state index in [9.17, 15) is 24.0 Å². The van der Waals surface area contributed by atoms with Crippen LogP contribution in [-0.2, 0) is 30.4 Å².